The molecule has 0 saturated heterocycles. The maximum Gasteiger partial charge on any atom is 0.208 e. The van der Waals surface area contributed by atoms with Gasteiger partial charge in [-0.1, -0.05) is 0 Å². The van der Waals surface area contributed by atoms with Crippen LogP contribution in [0, 0.1) is 17.1 Å². The number of fused-ring (bicyclic) bond motifs is 2. The number of halogens is 1. The van der Waals surface area contributed by atoms with Crippen LogP contribution in [0.4, 0.5) is 10.3 Å². The Labute approximate surface area is 176 Å². The fraction of sp³-hybridized carbons (Fsp3) is 0.190. The van der Waals surface area contributed by atoms with Gasteiger partial charge in [0, 0.05) is 53.8 Å². The van der Waals surface area contributed by atoms with Crippen LogP contribution in [0.15, 0.2) is 36.9 Å². The molecule has 0 atom stereocenters. The third-order valence-electron chi connectivity index (χ3n) is 5.17. The number of nitrogens with one attached hydrogen (secondary N) is 1. The van der Waals surface area contributed by atoms with Crippen molar-refractivity contribution >= 4 is 11.6 Å². The summed E-state index contributed by atoms with van der Waals surface area (Å²) in [4.78, 5) is 17.3. The topological polar surface area (TPSA) is 127 Å². The van der Waals surface area contributed by atoms with Crippen molar-refractivity contribution in [3.63, 3.8) is 0 Å². The smallest absolute Gasteiger partial charge is 0.208 e. The molecule has 0 bridgehead atoms. The molecule has 0 amide bonds. The van der Waals surface area contributed by atoms with E-state index in [1.165, 1.54) is 6.07 Å². The molecule has 1 aromatic carbocycles. The highest BCUT2D eigenvalue weighted by Crippen LogP contribution is 2.31. The number of nitrogens with zero attached hydrogens (tertiary/aromatic N) is 6. The predicted octanol–water partition coefficient (Wildman–Crippen LogP) is 2.20. The first-order valence-electron chi connectivity index (χ1n) is 9.64. The molecular formula is C21H17FN8O. The van der Waals surface area contributed by atoms with Crippen molar-refractivity contribution in [3.05, 3.63) is 65.4 Å². The number of aromatic nitrogens is 5. The van der Waals surface area contributed by atoms with E-state index in [4.69, 9.17) is 10.5 Å². The molecule has 0 saturated carbocycles. The molecule has 0 radical (unpaired) electrons. The van der Waals surface area contributed by atoms with Crippen molar-refractivity contribution < 1.29 is 9.13 Å². The van der Waals surface area contributed by atoms with Crippen molar-refractivity contribution in [1.82, 2.24) is 24.3 Å². The summed E-state index contributed by atoms with van der Waals surface area (Å²) in [7, 11) is 0. The Balaban J connectivity index is 1.53. The maximum atomic E-state index is 14.5. The van der Waals surface area contributed by atoms with Gasteiger partial charge < -0.3 is 15.8 Å². The van der Waals surface area contributed by atoms with Crippen molar-refractivity contribution in [3.8, 4) is 22.9 Å². The van der Waals surface area contributed by atoms with E-state index in [0.29, 0.717) is 52.9 Å². The summed E-state index contributed by atoms with van der Waals surface area (Å²) in [5.41, 5.74) is 9.07. The van der Waals surface area contributed by atoms with Crippen LogP contribution in [-0.2, 0) is 19.5 Å². The van der Waals surface area contributed by atoms with Crippen LogP contribution >= 0.6 is 0 Å². The van der Waals surface area contributed by atoms with Gasteiger partial charge in [0.2, 0.25) is 5.95 Å². The van der Waals surface area contributed by atoms with E-state index in [-0.39, 0.29) is 24.6 Å². The second-order valence-electron chi connectivity index (χ2n) is 6.97. The Morgan fingerprint density at radius 1 is 1.23 bits per heavy atom. The molecule has 3 N–H and O–H groups in total. The zero-order chi connectivity index (χ0) is 21.4. The standard InChI is InChI=1S/C21H17FN8O/c22-17-1-2-18-14(3-4-31-18)16(17)10-28-21-27-9-15(12-7-25-19(6-24)26-8-12)20-29-13(5-23)11-30(20)21/h1-2,7-9,11H,3-4,6,10,24H2,(H,27,28). The average molecular weight is 416 g/mol. The summed E-state index contributed by atoms with van der Waals surface area (Å²) in [6.07, 6.45) is 7.15. The van der Waals surface area contributed by atoms with Crippen LogP contribution in [0.1, 0.15) is 22.6 Å². The number of ether oxygens (including phenoxy) is 1. The van der Waals surface area contributed by atoms with Crippen LogP contribution < -0.4 is 15.8 Å². The van der Waals surface area contributed by atoms with Crippen molar-refractivity contribution in [2.24, 2.45) is 5.73 Å². The summed E-state index contributed by atoms with van der Waals surface area (Å²) >= 11 is 0. The number of hydrogen-bond acceptors (Lipinski definition) is 8. The molecule has 5 rings (SSSR count). The Hall–Kier alpha value is -4.10. The number of hydrogen-bond donors (Lipinski definition) is 2. The fourth-order valence-corrected chi connectivity index (χ4v) is 3.64. The van der Waals surface area contributed by atoms with Gasteiger partial charge in [-0.15, -0.1) is 0 Å². The van der Waals surface area contributed by atoms with Crippen molar-refractivity contribution in [2.75, 3.05) is 11.9 Å². The van der Waals surface area contributed by atoms with Gasteiger partial charge in [0.25, 0.3) is 0 Å². The minimum atomic E-state index is -0.301. The molecule has 4 aromatic rings. The lowest BCUT2D eigenvalue weighted by molar-refractivity contribution is 0.356. The Morgan fingerprint density at radius 3 is 2.84 bits per heavy atom. The third kappa shape index (κ3) is 3.31. The zero-order valence-corrected chi connectivity index (χ0v) is 16.3. The third-order valence-corrected chi connectivity index (χ3v) is 5.17. The van der Waals surface area contributed by atoms with E-state index in [9.17, 15) is 9.65 Å². The highest BCUT2D eigenvalue weighted by molar-refractivity contribution is 5.77. The van der Waals surface area contributed by atoms with Gasteiger partial charge in [0.05, 0.1) is 19.3 Å². The van der Waals surface area contributed by atoms with Gasteiger partial charge in [-0.2, -0.15) is 5.26 Å². The van der Waals surface area contributed by atoms with E-state index in [1.54, 1.807) is 35.3 Å². The second-order valence-corrected chi connectivity index (χ2v) is 6.97. The lowest BCUT2D eigenvalue weighted by Crippen LogP contribution is -2.10. The van der Waals surface area contributed by atoms with Gasteiger partial charge in [0.1, 0.15) is 23.5 Å². The minimum absolute atomic E-state index is 0.216. The zero-order valence-electron chi connectivity index (χ0n) is 16.3. The lowest BCUT2D eigenvalue weighted by atomic mass is 10.0. The molecule has 0 unspecified atom stereocenters. The average Bonchev–Trinajstić information content (AvgIpc) is 3.45. The first-order chi connectivity index (χ1) is 15.2. The van der Waals surface area contributed by atoms with E-state index < -0.39 is 0 Å². The molecule has 0 aliphatic carbocycles. The Bertz CT molecular complexity index is 1330. The minimum Gasteiger partial charge on any atom is -0.493 e. The number of imidazole rings is 1. The molecule has 0 spiro atoms. The van der Waals surface area contributed by atoms with Crippen LogP contribution in [-0.4, -0.2) is 30.9 Å². The molecule has 0 fully saturated rings. The van der Waals surface area contributed by atoms with Crippen molar-refractivity contribution in [1.29, 1.82) is 5.26 Å². The Morgan fingerprint density at radius 2 is 2.06 bits per heavy atom. The summed E-state index contributed by atoms with van der Waals surface area (Å²) in [6, 6.07) is 5.10. The molecule has 3 aromatic heterocycles. The quantitative estimate of drug-likeness (QED) is 0.507. The normalized spacial score (nSPS) is 12.4. The van der Waals surface area contributed by atoms with Crippen LogP contribution in [0.25, 0.3) is 16.8 Å². The molecule has 4 heterocycles. The van der Waals surface area contributed by atoms with E-state index >= 15 is 0 Å². The van der Waals surface area contributed by atoms with Crippen LogP contribution in [0.2, 0.25) is 0 Å². The largest absolute Gasteiger partial charge is 0.493 e. The van der Waals surface area contributed by atoms with Gasteiger partial charge in [0.15, 0.2) is 11.3 Å². The summed E-state index contributed by atoms with van der Waals surface area (Å²) in [6.45, 7) is 0.999. The monoisotopic (exact) mass is 416 g/mol. The first kappa shape index (κ1) is 18.9. The van der Waals surface area contributed by atoms with E-state index in [2.05, 4.69) is 25.3 Å². The number of rotatable bonds is 5. The second kappa shape index (κ2) is 7.62. The predicted molar refractivity (Wildman–Crippen MR) is 110 cm³/mol. The number of nitrogens with two attached hydrogens (primary N) is 1. The maximum absolute atomic E-state index is 14.5. The van der Waals surface area contributed by atoms with Crippen molar-refractivity contribution in [2.45, 2.75) is 19.5 Å². The molecule has 1 aliphatic rings. The van der Waals surface area contributed by atoms with Gasteiger partial charge in [-0.3, -0.25) is 4.40 Å². The van der Waals surface area contributed by atoms with Crippen LogP contribution in [0.3, 0.4) is 0 Å². The summed E-state index contributed by atoms with van der Waals surface area (Å²) < 4.78 is 21.7. The summed E-state index contributed by atoms with van der Waals surface area (Å²) in [5, 5.41) is 12.5. The molecule has 1 aliphatic heterocycles. The number of benzene rings is 1. The fourth-order valence-electron chi connectivity index (χ4n) is 3.64. The Kier molecular flexibility index (Phi) is 4.65. The number of anilines is 1. The molecule has 31 heavy (non-hydrogen) atoms. The number of nitriles is 1. The molecule has 9 nitrogen and oxygen atoms in total. The highest BCUT2D eigenvalue weighted by Gasteiger charge is 2.20. The van der Waals surface area contributed by atoms with Gasteiger partial charge in [-0.05, 0) is 12.1 Å². The molecule has 10 heteroatoms. The summed E-state index contributed by atoms with van der Waals surface area (Å²) in [5.74, 6) is 1.36. The van der Waals surface area contributed by atoms with Crippen LogP contribution in [0.5, 0.6) is 5.75 Å². The SMILES string of the molecule is N#Cc1cn2c(NCc3c(F)ccc4c3CCO4)ncc(-c3cnc(CN)nc3)c2n1. The highest BCUT2D eigenvalue weighted by atomic mass is 19.1. The first-order valence-corrected chi connectivity index (χ1v) is 9.64. The van der Waals surface area contributed by atoms with Gasteiger partial charge in [-0.25, -0.2) is 24.3 Å². The van der Waals surface area contributed by atoms with Gasteiger partial charge >= 0.3 is 0 Å². The van der Waals surface area contributed by atoms with E-state index in [1.807, 2.05) is 6.07 Å². The lowest BCUT2D eigenvalue weighted by Gasteiger charge is -2.13. The molecular weight excluding hydrogens is 399 g/mol. The van der Waals surface area contributed by atoms with E-state index in [0.717, 1.165) is 5.56 Å². The molecule has 154 valence electrons.